The molecule has 2 aromatic rings. The lowest BCUT2D eigenvalue weighted by Gasteiger charge is -2.30. The van der Waals surface area contributed by atoms with Gasteiger partial charge in [0.25, 0.3) is 0 Å². The van der Waals surface area contributed by atoms with Gasteiger partial charge in [0.1, 0.15) is 6.33 Å². The molecule has 126 valence electrons. The smallest absolute Gasteiger partial charge is 0.353 e. The number of para-hydroxylation sites is 1. The molecule has 0 fully saturated rings. The summed E-state index contributed by atoms with van der Waals surface area (Å²) in [5.41, 5.74) is 2.13. The first-order chi connectivity index (χ1) is 11.7. The molecule has 0 radical (unpaired) electrons. The van der Waals surface area contributed by atoms with Crippen LogP contribution in [-0.2, 0) is 6.42 Å². The van der Waals surface area contributed by atoms with Crippen LogP contribution in [0.4, 0.5) is 23.0 Å². The van der Waals surface area contributed by atoms with Crippen molar-refractivity contribution in [3.8, 4) is 0 Å². The fourth-order valence-corrected chi connectivity index (χ4v) is 3.00. The zero-order valence-corrected chi connectivity index (χ0v) is 13.7. The van der Waals surface area contributed by atoms with Crippen LogP contribution < -0.4 is 10.2 Å². The second-order valence-electron chi connectivity index (χ2n) is 5.82. The SMILES string of the molecule is CCCCNc1ncnc(N2CCCc3ccccc32)c1[N+](=O)[O-]. The van der Waals surface area contributed by atoms with E-state index in [0.717, 1.165) is 31.4 Å². The molecule has 7 nitrogen and oxygen atoms in total. The van der Waals surface area contributed by atoms with E-state index in [9.17, 15) is 10.1 Å². The van der Waals surface area contributed by atoms with E-state index in [4.69, 9.17) is 0 Å². The van der Waals surface area contributed by atoms with Gasteiger partial charge in [-0.2, -0.15) is 0 Å². The third-order valence-electron chi connectivity index (χ3n) is 4.17. The molecule has 0 unspecified atom stereocenters. The Balaban J connectivity index is 2.02. The molecule has 1 aliphatic heterocycles. The normalized spacial score (nSPS) is 13.5. The van der Waals surface area contributed by atoms with Crippen LogP contribution >= 0.6 is 0 Å². The van der Waals surface area contributed by atoms with Gasteiger partial charge in [0.15, 0.2) is 0 Å². The van der Waals surface area contributed by atoms with E-state index in [1.807, 2.05) is 23.1 Å². The number of hydrogen-bond acceptors (Lipinski definition) is 6. The fourth-order valence-electron chi connectivity index (χ4n) is 3.00. The predicted octanol–water partition coefficient (Wildman–Crippen LogP) is 3.68. The maximum Gasteiger partial charge on any atom is 0.353 e. The lowest BCUT2D eigenvalue weighted by molar-refractivity contribution is -0.383. The van der Waals surface area contributed by atoms with Crippen molar-refractivity contribution >= 4 is 23.0 Å². The minimum Gasteiger partial charge on any atom is -0.364 e. The third kappa shape index (κ3) is 3.15. The van der Waals surface area contributed by atoms with Gasteiger partial charge in [-0.1, -0.05) is 31.5 Å². The van der Waals surface area contributed by atoms with Gasteiger partial charge in [-0.05, 0) is 30.9 Å². The average molecular weight is 327 g/mol. The number of rotatable bonds is 6. The molecule has 0 saturated carbocycles. The van der Waals surface area contributed by atoms with Crippen molar-refractivity contribution in [2.24, 2.45) is 0 Å². The lowest BCUT2D eigenvalue weighted by atomic mass is 10.0. The number of aryl methyl sites for hydroxylation is 1. The summed E-state index contributed by atoms with van der Waals surface area (Å²) in [6, 6.07) is 8.00. The summed E-state index contributed by atoms with van der Waals surface area (Å²) < 4.78 is 0. The quantitative estimate of drug-likeness (QED) is 0.495. The van der Waals surface area contributed by atoms with Crippen molar-refractivity contribution in [1.29, 1.82) is 0 Å². The standard InChI is InChI=1S/C17H21N5O2/c1-2-3-10-18-16-15(22(23)24)17(20-12-19-16)21-11-6-8-13-7-4-5-9-14(13)21/h4-5,7,9,12H,2-3,6,8,10-11H2,1H3,(H,18,19,20). The molecule has 1 aromatic carbocycles. The van der Waals surface area contributed by atoms with E-state index >= 15 is 0 Å². The molecular weight excluding hydrogens is 306 g/mol. The highest BCUT2D eigenvalue weighted by atomic mass is 16.6. The molecule has 0 bridgehead atoms. The number of benzene rings is 1. The predicted molar refractivity (Wildman–Crippen MR) is 93.9 cm³/mol. The summed E-state index contributed by atoms with van der Waals surface area (Å²) >= 11 is 0. The average Bonchev–Trinajstić information content (AvgIpc) is 2.61. The maximum absolute atomic E-state index is 11.7. The molecule has 1 aromatic heterocycles. The fraction of sp³-hybridized carbons (Fsp3) is 0.412. The van der Waals surface area contributed by atoms with Crippen LogP contribution in [-0.4, -0.2) is 28.0 Å². The zero-order chi connectivity index (χ0) is 16.9. The Morgan fingerprint density at radius 2 is 2.17 bits per heavy atom. The zero-order valence-electron chi connectivity index (χ0n) is 13.7. The minimum absolute atomic E-state index is 0.0506. The molecule has 0 saturated heterocycles. The van der Waals surface area contributed by atoms with Crippen LogP contribution in [0.3, 0.4) is 0 Å². The number of nitrogens with one attached hydrogen (secondary N) is 1. The van der Waals surface area contributed by atoms with Gasteiger partial charge >= 0.3 is 5.69 Å². The molecule has 3 rings (SSSR count). The van der Waals surface area contributed by atoms with Crippen molar-refractivity contribution in [2.45, 2.75) is 32.6 Å². The summed E-state index contributed by atoms with van der Waals surface area (Å²) in [4.78, 5) is 21.6. The number of fused-ring (bicyclic) bond motifs is 1. The maximum atomic E-state index is 11.7. The first-order valence-electron chi connectivity index (χ1n) is 8.31. The van der Waals surface area contributed by atoms with Crippen LogP contribution in [0, 0.1) is 10.1 Å². The Labute approximate surface area is 140 Å². The van der Waals surface area contributed by atoms with Gasteiger partial charge < -0.3 is 10.2 Å². The minimum atomic E-state index is -0.388. The van der Waals surface area contributed by atoms with E-state index < -0.39 is 0 Å². The van der Waals surface area contributed by atoms with Crippen LogP contribution in [0.25, 0.3) is 0 Å². The van der Waals surface area contributed by atoms with Gasteiger partial charge in [-0.3, -0.25) is 10.1 Å². The second kappa shape index (κ2) is 7.25. The highest BCUT2D eigenvalue weighted by Crippen LogP contribution is 2.39. The van der Waals surface area contributed by atoms with E-state index in [2.05, 4.69) is 28.3 Å². The summed E-state index contributed by atoms with van der Waals surface area (Å²) in [6.45, 7) is 3.44. The molecule has 2 heterocycles. The number of nitro groups is 1. The molecule has 0 atom stereocenters. The summed E-state index contributed by atoms with van der Waals surface area (Å²) in [5, 5.41) is 14.8. The second-order valence-corrected chi connectivity index (χ2v) is 5.82. The molecule has 1 aliphatic rings. The molecule has 0 spiro atoms. The van der Waals surface area contributed by atoms with Gasteiger partial charge in [-0.25, -0.2) is 9.97 Å². The number of aromatic nitrogens is 2. The Hall–Kier alpha value is -2.70. The Morgan fingerprint density at radius 3 is 2.96 bits per heavy atom. The van der Waals surface area contributed by atoms with Gasteiger partial charge in [0.2, 0.25) is 11.6 Å². The Bertz CT molecular complexity index is 735. The molecule has 0 aliphatic carbocycles. The number of anilines is 3. The van der Waals surface area contributed by atoms with E-state index in [1.165, 1.54) is 11.9 Å². The lowest BCUT2D eigenvalue weighted by Crippen LogP contribution is -2.26. The Kier molecular flexibility index (Phi) is 4.88. The van der Waals surface area contributed by atoms with Gasteiger partial charge in [0, 0.05) is 18.8 Å². The largest absolute Gasteiger partial charge is 0.364 e. The summed E-state index contributed by atoms with van der Waals surface area (Å²) in [6.07, 6.45) is 5.26. The van der Waals surface area contributed by atoms with Crippen molar-refractivity contribution in [3.05, 3.63) is 46.3 Å². The highest BCUT2D eigenvalue weighted by Gasteiger charge is 2.29. The van der Waals surface area contributed by atoms with Crippen LogP contribution in [0.15, 0.2) is 30.6 Å². The van der Waals surface area contributed by atoms with Crippen molar-refractivity contribution in [3.63, 3.8) is 0 Å². The van der Waals surface area contributed by atoms with Crippen molar-refractivity contribution < 1.29 is 4.92 Å². The van der Waals surface area contributed by atoms with E-state index in [1.54, 1.807) is 0 Å². The van der Waals surface area contributed by atoms with Crippen LogP contribution in [0.2, 0.25) is 0 Å². The van der Waals surface area contributed by atoms with Crippen LogP contribution in [0.1, 0.15) is 31.7 Å². The first-order valence-corrected chi connectivity index (χ1v) is 8.31. The highest BCUT2D eigenvalue weighted by molar-refractivity contribution is 5.77. The van der Waals surface area contributed by atoms with Crippen LogP contribution in [0.5, 0.6) is 0 Å². The molecule has 1 N–H and O–H groups in total. The van der Waals surface area contributed by atoms with Crippen molar-refractivity contribution in [1.82, 2.24) is 9.97 Å². The first kappa shape index (κ1) is 16.2. The third-order valence-corrected chi connectivity index (χ3v) is 4.17. The summed E-state index contributed by atoms with van der Waals surface area (Å²) in [7, 11) is 0. The van der Waals surface area contributed by atoms with Crippen molar-refractivity contribution in [2.75, 3.05) is 23.3 Å². The number of hydrogen-bond donors (Lipinski definition) is 1. The van der Waals surface area contributed by atoms with Gasteiger partial charge in [-0.15, -0.1) is 0 Å². The van der Waals surface area contributed by atoms with E-state index in [-0.39, 0.29) is 10.6 Å². The molecule has 24 heavy (non-hydrogen) atoms. The van der Waals surface area contributed by atoms with E-state index in [0.29, 0.717) is 24.7 Å². The topological polar surface area (TPSA) is 84.2 Å². The van der Waals surface area contributed by atoms with Gasteiger partial charge in [0.05, 0.1) is 4.92 Å². The molecule has 7 heteroatoms. The molecular formula is C17H21N5O2. The number of nitrogens with zero attached hydrogens (tertiary/aromatic N) is 4. The monoisotopic (exact) mass is 327 g/mol. The summed E-state index contributed by atoms with van der Waals surface area (Å²) in [5.74, 6) is 0.655. The molecule has 0 amide bonds. The number of unbranched alkanes of at least 4 members (excludes halogenated alkanes) is 1. The Morgan fingerprint density at radius 1 is 1.33 bits per heavy atom.